The molecule has 0 atom stereocenters. The maximum absolute atomic E-state index is 4.59. The van der Waals surface area contributed by atoms with Crippen molar-refractivity contribution in [3.63, 3.8) is 0 Å². The lowest BCUT2D eigenvalue weighted by Gasteiger charge is -2.08. The minimum Gasteiger partial charge on any atom is -0.259 e. The van der Waals surface area contributed by atoms with Gasteiger partial charge in [-0.05, 0) is 12.1 Å². The van der Waals surface area contributed by atoms with Gasteiger partial charge in [-0.2, -0.15) is 10.2 Å². The van der Waals surface area contributed by atoms with Gasteiger partial charge in [0.25, 0.3) is 0 Å². The Balaban J connectivity index is 1.77. The molecule has 4 rings (SSSR count). The van der Waals surface area contributed by atoms with Crippen LogP contribution in [0.1, 0.15) is 11.3 Å². The minimum atomic E-state index is 0.613. The first kappa shape index (κ1) is 15.0. The Labute approximate surface area is 145 Å². The summed E-state index contributed by atoms with van der Waals surface area (Å²) < 4.78 is 0. The fraction of sp³-hybridized carbons (Fsp3) is 0. The van der Waals surface area contributed by atoms with E-state index in [1.807, 2.05) is 72.8 Å². The molecule has 1 N–H and O–H groups in total. The van der Waals surface area contributed by atoms with Gasteiger partial charge in [0.1, 0.15) is 5.71 Å². The Morgan fingerprint density at radius 2 is 1.64 bits per heavy atom. The van der Waals surface area contributed by atoms with Crippen molar-refractivity contribution in [2.45, 2.75) is 0 Å². The van der Waals surface area contributed by atoms with E-state index < -0.39 is 0 Å². The highest BCUT2D eigenvalue weighted by atomic mass is 15.3. The van der Waals surface area contributed by atoms with E-state index >= 15 is 0 Å². The van der Waals surface area contributed by atoms with Crippen LogP contribution >= 0.6 is 0 Å². The molecule has 0 bridgehead atoms. The molecule has 5 nitrogen and oxygen atoms in total. The smallest absolute Gasteiger partial charge is 0.176 e. The highest BCUT2D eigenvalue weighted by Gasteiger charge is 2.09. The molecule has 0 amide bonds. The number of rotatable bonds is 4. The third kappa shape index (κ3) is 3.21. The number of hydrogen-bond acceptors (Lipinski definition) is 5. The Morgan fingerprint density at radius 3 is 2.48 bits per heavy atom. The molecule has 120 valence electrons. The Hall–Kier alpha value is -3.60. The average molecular weight is 325 g/mol. The zero-order valence-corrected chi connectivity index (χ0v) is 13.4. The lowest BCUT2D eigenvalue weighted by Crippen LogP contribution is -2.09. The molecule has 0 aliphatic heterocycles. The van der Waals surface area contributed by atoms with Gasteiger partial charge in [0, 0.05) is 22.5 Å². The zero-order chi connectivity index (χ0) is 16.9. The number of hydrazone groups is 1. The Morgan fingerprint density at radius 1 is 0.840 bits per heavy atom. The van der Waals surface area contributed by atoms with Crippen LogP contribution in [0.3, 0.4) is 0 Å². The summed E-state index contributed by atoms with van der Waals surface area (Å²) in [7, 11) is 0. The van der Waals surface area contributed by atoms with Crippen LogP contribution in [-0.4, -0.2) is 20.9 Å². The normalized spacial score (nSPS) is 11.4. The van der Waals surface area contributed by atoms with Gasteiger partial charge in [-0.15, -0.1) is 5.10 Å². The molecule has 2 aromatic carbocycles. The molecule has 2 aromatic heterocycles. The fourth-order valence-electron chi connectivity index (χ4n) is 2.59. The molecule has 0 unspecified atom stereocenters. The Bertz CT molecular complexity index is 967. The molecule has 2 heterocycles. The van der Waals surface area contributed by atoms with Gasteiger partial charge in [-0.3, -0.25) is 10.4 Å². The van der Waals surface area contributed by atoms with Crippen LogP contribution in [0.25, 0.3) is 10.8 Å². The van der Waals surface area contributed by atoms with Crippen LogP contribution in [0, 0.1) is 0 Å². The quantitative estimate of drug-likeness (QED) is 0.457. The number of hydrogen-bond donors (Lipinski definition) is 1. The van der Waals surface area contributed by atoms with Crippen molar-refractivity contribution >= 4 is 22.3 Å². The molecule has 0 aliphatic carbocycles. The van der Waals surface area contributed by atoms with Crippen molar-refractivity contribution in [3.8, 4) is 0 Å². The SMILES string of the molecule is c1ccc(C(=NNc2nncc3ccccc23)c2ccccn2)cc1. The van der Waals surface area contributed by atoms with E-state index in [1.54, 1.807) is 12.4 Å². The van der Waals surface area contributed by atoms with Gasteiger partial charge in [-0.1, -0.05) is 60.7 Å². The van der Waals surface area contributed by atoms with Gasteiger partial charge in [0.05, 0.1) is 11.9 Å². The van der Waals surface area contributed by atoms with Gasteiger partial charge >= 0.3 is 0 Å². The van der Waals surface area contributed by atoms with Crippen LogP contribution in [0.2, 0.25) is 0 Å². The van der Waals surface area contributed by atoms with E-state index in [4.69, 9.17) is 0 Å². The Kier molecular flexibility index (Phi) is 4.12. The van der Waals surface area contributed by atoms with Gasteiger partial charge in [-0.25, -0.2) is 0 Å². The van der Waals surface area contributed by atoms with Crippen LogP contribution in [0.5, 0.6) is 0 Å². The van der Waals surface area contributed by atoms with Crippen molar-refractivity contribution < 1.29 is 0 Å². The molecule has 0 aliphatic rings. The van der Waals surface area contributed by atoms with E-state index in [0.29, 0.717) is 5.82 Å². The standard InChI is InChI=1S/C20H15N5/c1-2-8-15(9-3-1)19(18-12-6-7-13-21-18)23-25-20-17-11-5-4-10-16(17)14-22-24-20/h1-14H,(H,24,25). The summed E-state index contributed by atoms with van der Waals surface area (Å²) in [4.78, 5) is 4.42. The average Bonchev–Trinajstić information content (AvgIpc) is 2.70. The molecule has 25 heavy (non-hydrogen) atoms. The first-order valence-electron chi connectivity index (χ1n) is 7.93. The molecule has 0 saturated heterocycles. The van der Waals surface area contributed by atoms with E-state index in [1.165, 1.54) is 0 Å². The number of anilines is 1. The summed E-state index contributed by atoms with van der Waals surface area (Å²) in [6, 6.07) is 23.6. The number of nitrogens with zero attached hydrogens (tertiary/aromatic N) is 4. The zero-order valence-electron chi connectivity index (χ0n) is 13.4. The van der Waals surface area contributed by atoms with E-state index in [2.05, 4.69) is 25.7 Å². The first-order valence-corrected chi connectivity index (χ1v) is 7.93. The summed E-state index contributed by atoms with van der Waals surface area (Å²) in [5.41, 5.74) is 5.57. The first-order chi connectivity index (χ1) is 12.4. The monoisotopic (exact) mass is 325 g/mol. The third-order valence-electron chi connectivity index (χ3n) is 3.80. The summed E-state index contributed by atoms with van der Waals surface area (Å²) in [6.45, 7) is 0. The lowest BCUT2D eigenvalue weighted by atomic mass is 10.1. The van der Waals surface area contributed by atoms with Crippen LogP contribution in [0.15, 0.2) is 90.3 Å². The number of fused-ring (bicyclic) bond motifs is 1. The molecule has 0 saturated carbocycles. The van der Waals surface area contributed by atoms with E-state index in [-0.39, 0.29) is 0 Å². The van der Waals surface area contributed by atoms with Gasteiger partial charge in [0.2, 0.25) is 0 Å². The molecular weight excluding hydrogens is 310 g/mol. The number of aromatic nitrogens is 3. The fourth-order valence-corrected chi connectivity index (χ4v) is 2.59. The minimum absolute atomic E-state index is 0.613. The summed E-state index contributed by atoms with van der Waals surface area (Å²) in [6.07, 6.45) is 3.49. The van der Waals surface area contributed by atoms with Crippen LogP contribution < -0.4 is 5.43 Å². The maximum atomic E-state index is 4.59. The number of benzene rings is 2. The number of nitrogens with one attached hydrogen (secondary N) is 1. The summed E-state index contributed by atoms with van der Waals surface area (Å²) in [5, 5.41) is 14.8. The number of pyridine rings is 1. The molecule has 4 aromatic rings. The largest absolute Gasteiger partial charge is 0.259 e. The maximum Gasteiger partial charge on any atom is 0.176 e. The molecular formula is C20H15N5. The van der Waals surface area contributed by atoms with Crippen molar-refractivity contribution in [1.29, 1.82) is 0 Å². The van der Waals surface area contributed by atoms with Crippen molar-refractivity contribution in [1.82, 2.24) is 15.2 Å². The molecule has 0 fully saturated rings. The summed E-state index contributed by atoms with van der Waals surface area (Å²) in [5.74, 6) is 0.613. The highest BCUT2D eigenvalue weighted by Crippen LogP contribution is 2.19. The third-order valence-corrected chi connectivity index (χ3v) is 3.80. The van der Waals surface area contributed by atoms with Crippen molar-refractivity contribution in [3.05, 3.63) is 96.4 Å². The van der Waals surface area contributed by atoms with Gasteiger partial charge < -0.3 is 0 Å². The molecule has 5 heteroatoms. The van der Waals surface area contributed by atoms with E-state index in [0.717, 1.165) is 27.7 Å². The second-order valence-electron chi connectivity index (χ2n) is 5.43. The van der Waals surface area contributed by atoms with Crippen LogP contribution in [-0.2, 0) is 0 Å². The lowest BCUT2D eigenvalue weighted by molar-refractivity contribution is 1.04. The van der Waals surface area contributed by atoms with Crippen molar-refractivity contribution in [2.75, 3.05) is 5.43 Å². The topological polar surface area (TPSA) is 63.1 Å². The van der Waals surface area contributed by atoms with Gasteiger partial charge in [0.15, 0.2) is 5.82 Å². The van der Waals surface area contributed by atoms with Crippen LogP contribution in [0.4, 0.5) is 5.82 Å². The second-order valence-corrected chi connectivity index (χ2v) is 5.43. The molecule has 0 spiro atoms. The van der Waals surface area contributed by atoms with Crippen molar-refractivity contribution in [2.24, 2.45) is 5.10 Å². The predicted molar refractivity (Wildman–Crippen MR) is 99.5 cm³/mol. The van der Waals surface area contributed by atoms with E-state index in [9.17, 15) is 0 Å². The highest BCUT2D eigenvalue weighted by molar-refractivity contribution is 6.12. The molecule has 0 radical (unpaired) electrons. The second kappa shape index (κ2) is 6.88. The predicted octanol–water partition coefficient (Wildman–Crippen LogP) is 3.89. The summed E-state index contributed by atoms with van der Waals surface area (Å²) >= 11 is 0.